The van der Waals surface area contributed by atoms with Crippen molar-refractivity contribution in [3.63, 3.8) is 0 Å². The Kier molecular flexibility index (Phi) is 5.01. The van der Waals surface area contributed by atoms with Crippen LogP contribution < -0.4 is 5.32 Å². The Morgan fingerprint density at radius 1 is 1.44 bits per heavy atom. The van der Waals surface area contributed by atoms with Crippen molar-refractivity contribution in [3.8, 4) is 0 Å². The molecule has 100 valence electrons. The highest BCUT2D eigenvalue weighted by Crippen LogP contribution is 2.28. The molecule has 0 aliphatic heterocycles. The van der Waals surface area contributed by atoms with Crippen LogP contribution in [-0.2, 0) is 0 Å². The predicted octanol–water partition coefficient (Wildman–Crippen LogP) is 3.55. The molecule has 0 radical (unpaired) electrons. The van der Waals surface area contributed by atoms with Crippen molar-refractivity contribution in [2.24, 2.45) is 0 Å². The molecule has 0 aromatic carbocycles. The van der Waals surface area contributed by atoms with Gasteiger partial charge in [0.15, 0.2) is 0 Å². The Balaban J connectivity index is 1.92. The molecule has 1 aromatic heterocycles. The van der Waals surface area contributed by atoms with Crippen LogP contribution in [0.25, 0.3) is 0 Å². The van der Waals surface area contributed by atoms with Crippen LogP contribution in [0.2, 0.25) is 0 Å². The van der Waals surface area contributed by atoms with Gasteiger partial charge in [0, 0.05) is 23.5 Å². The number of rotatable bonds is 4. The Morgan fingerprint density at radius 2 is 2.28 bits per heavy atom. The van der Waals surface area contributed by atoms with Crippen LogP contribution in [0, 0.1) is 5.82 Å². The lowest BCUT2D eigenvalue weighted by Gasteiger charge is -2.31. The van der Waals surface area contributed by atoms with Crippen LogP contribution in [0.1, 0.15) is 44.2 Å². The van der Waals surface area contributed by atoms with Crippen molar-refractivity contribution in [1.29, 1.82) is 0 Å². The lowest BCUT2D eigenvalue weighted by molar-refractivity contribution is 0.352. The summed E-state index contributed by atoms with van der Waals surface area (Å²) in [5, 5.41) is 4.38. The van der Waals surface area contributed by atoms with E-state index in [0.29, 0.717) is 6.04 Å². The average Bonchev–Trinajstić information content (AvgIpc) is 2.39. The molecule has 3 atom stereocenters. The number of hydrogen-bond donors (Lipinski definition) is 1. The molecule has 4 heteroatoms. The minimum atomic E-state index is -0.258. The zero-order valence-corrected chi connectivity index (χ0v) is 11.8. The first kappa shape index (κ1) is 13.8. The van der Waals surface area contributed by atoms with E-state index in [1.165, 1.54) is 31.9 Å². The Labute approximate surface area is 113 Å². The summed E-state index contributed by atoms with van der Waals surface area (Å²) in [6.07, 6.45) is 10.2. The summed E-state index contributed by atoms with van der Waals surface area (Å²) in [7, 11) is 0. The monoisotopic (exact) mass is 268 g/mol. The lowest BCUT2D eigenvalue weighted by atomic mass is 9.94. The standard InChI is InChI=1S/C14H21FN2S/c1-10(11-6-12(15)9-16-8-11)17-13-4-3-5-14(7-13)18-2/h6,8-10,13-14,17H,3-5,7H2,1-2H3. The highest BCUT2D eigenvalue weighted by atomic mass is 32.2. The van der Waals surface area contributed by atoms with Gasteiger partial charge < -0.3 is 5.32 Å². The van der Waals surface area contributed by atoms with Crippen LogP contribution in [0.4, 0.5) is 4.39 Å². The fourth-order valence-electron chi connectivity index (χ4n) is 2.63. The van der Waals surface area contributed by atoms with Gasteiger partial charge in [-0.05, 0) is 44.1 Å². The Hall–Kier alpha value is -0.610. The minimum absolute atomic E-state index is 0.166. The van der Waals surface area contributed by atoms with E-state index < -0.39 is 0 Å². The lowest BCUT2D eigenvalue weighted by Crippen LogP contribution is -2.36. The third kappa shape index (κ3) is 3.69. The van der Waals surface area contributed by atoms with Crippen LogP contribution in [0.3, 0.4) is 0 Å². The van der Waals surface area contributed by atoms with Gasteiger partial charge in [0.1, 0.15) is 5.82 Å². The first-order valence-corrected chi connectivity index (χ1v) is 7.87. The first-order valence-electron chi connectivity index (χ1n) is 6.58. The summed E-state index contributed by atoms with van der Waals surface area (Å²) in [6, 6.07) is 2.28. The van der Waals surface area contributed by atoms with E-state index in [0.717, 1.165) is 10.8 Å². The van der Waals surface area contributed by atoms with Crippen LogP contribution in [0.15, 0.2) is 18.5 Å². The number of thioether (sulfide) groups is 1. The highest BCUT2D eigenvalue weighted by molar-refractivity contribution is 7.99. The number of halogens is 1. The Bertz CT molecular complexity index is 386. The molecular formula is C14H21FN2S. The second-order valence-corrected chi connectivity index (χ2v) is 6.18. The van der Waals surface area contributed by atoms with Crippen molar-refractivity contribution in [2.75, 3.05) is 6.26 Å². The molecule has 0 bridgehead atoms. The molecule has 0 amide bonds. The van der Waals surface area contributed by atoms with E-state index in [1.807, 2.05) is 11.8 Å². The maximum atomic E-state index is 13.1. The molecule has 3 unspecified atom stereocenters. The van der Waals surface area contributed by atoms with Crippen LogP contribution in [-0.4, -0.2) is 22.5 Å². The molecule has 18 heavy (non-hydrogen) atoms. The molecule has 1 saturated carbocycles. The molecule has 0 spiro atoms. The van der Waals surface area contributed by atoms with Crippen LogP contribution in [0.5, 0.6) is 0 Å². The number of nitrogens with one attached hydrogen (secondary N) is 1. The van der Waals surface area contributed by atoms with Gasteiger partial charge in [-0.2, -0.15) is 11.8 Å². The number of nitrogens with zero attached hydrogens (tertiary/aromatic N) is 1. The van der Waals surface area contributed by atoms with E-state index >= 15 is 0 Å². The molecular weight excluding hydrogens is 247 g/mol. The van der Waals surface area contributed by atoms with Gasteiger partial charge in [-0.1, -0.05) is 6.42 Å². The van der Waals surface area contributed by atoms with E-state index in [2.05, 4.69) is 23.5 Å². The molecule has 1 heterocycles. The zero-order chi connectivity index (χ0) is 13.0. The molecule has 1 aromatic rings. The first-order chi connectivity index (χ1) is 8.69. The molecule has 1 fully saturated rings. The largest absolute Gasteiger partial charge is 0.307 e. The van der Waals surface area contributed by atoms with Crippen molar-refractivity contribution < 1.29 is 4.39 Å². The van der Waals surface area contributed by atoms with E-state index in [9.17, 15) is 4.39 Å². The van der Waals surface area contributed by atoms with Gasteiger partial charge in [-0.25, -0.2) is 4.39 Å². The fraction of sp³-hybridized carbons (Fsp3) is 0.643. The average molecular weight is 268 g/mol. The fourth-order valence-corrected chi connectivity index (χ4v) is 3.45. The summed E-state index contributed by atoms with van der Waals surface area (Å²) < 4.78 is 13.1. The normalized spacial score (nSPS) is 25.9. The maximum Gasteiger partial charge on any atom is 0.141 e. The molecule has 1 aliphatic rings. The van der Waals surface area contributed by atoms with Gasteiger partial charge in [0.25, 0.3) is 0 Å². The molecule has 1 aliphatic carbocycles. The smallest absolute Gasteiger partial charge is 0.141 e. The van der Waals surface area contributed by atoms with Gasteiger partial charge in [0.2, 0.25) is 0 Å². The van der Waals surface area contributed by atoms with Gasteiger partial charge in [-0.15, -0.1) is 0 Å². The van der Waals surface area contributed by atoms with Crippen molar-refractivity contribution >= 4 is 11.8 Å². The van der Waals surface area contributed by atoms with Crippen molar-refractivity contribution in [2.45, 2.75) is 49.9 Å². The number of pyridine rings is 1. The third-order valence-corrected chi connectivity index (χ3v) is 4.77. The summed E-state index contributed by atoms with van der Waals surface area (Å²) >= 11 is 1.96. The van der Waals surface area contributed by atoms with Crippen LogP contribution >= 0.6 is 11.8 Å². The van der Waals surface area contributed by atoms with E-state index in [4.69, 9.17) is 0 Å². The second-order valence-electron chi connectivity index (χ2n) is 5.05. The summed E-state index contributed by atoms with van der Waals surface area (Å²) in [6.45, 7) is 2.08. The van der Waals surface area contributed by atoms with Crippen molar-refractivity contribution in [1.82, 2.24) is 10.3 Å². The zero-order valence-electron chi connectivity index (χ0n) is 11.0. The quantitative estimate of drug-likeness (QED) is 0.904. The minimum Gasteiger partial charge on any atom is -0.307 e. The predicted molar refractivity (Wildman–Crippen MR) is 75.3 cm³/mol. The summed E-state index contributed by atoms with van der Waals surface area (Å²) in [5.74, 6) is -0.258. The highest BCUT2D eigenvalue weighted by Gasteiger charge is 2.22. The number of aromatic nitrogens is 1. The molecule has 1 N–H and O–H groups in total. The Morgan fingerprint density at radius 3 is 3.00 bits per heavy atom. The SMILES string of the molecule is CSC1CCCC(NC(C)c2cncc(F)c2)C1. The summed E-state index contributed by atoms with van der Waals surface area (Å²) in [4.78, 5) is 3.91. The van der Waals surface area contributed by atoms with Gasteiger partial charge >= 0.3 is 0 Å². The van der Waals surface area contributed by atoms with Crippen molar-refractivity contribution in [3.05, 3.63) is 29.8 Å². The van der Waals surface area contributed by atoms with E-state index in [1.54, 1.807) is 12.3 Å². The number of hydrogen-bond acceptors (Lipinski definition) is 3. The molecule has 0 saturated heterocycles. The summed E-state index contributed by atoms with van der Waals surface area (Å²) in [5.41, 5.74) is 0.932. The topological polar surface area (TPSA) is 24.9 Å². The van der Waals surface area contributed by atoms with Gasteiger partial charge in [-0.3, -0.25) is 4.98 Å². The van der Waals surface area contributed by atoms with E-state index in [-0.39, 0.29) is 11.9 Å². The maximum absolute atomic E-state index is 13.1. The van der Waals surface area contributed by atoms with Gasteiger partial charge in [0.05, 0.1) is 6.20 Å². The molecule has 2 nitrogen and oxygen atoms in total. The second kappa shape index (κ2) is 6.53. The third-order valence-electron chi connectivity index (χ3n) is 3.67. The molecule has 2 rings (SSSR count).